The molecule has 0 bridgehead atoms. The Bertz CT molecular complexity index is 1010. The highest BCUT2D eigenvalue weighted by Crippen LogP contribution is 2.70. The van der Waals surface area contributed by atoms with Crippen LogP contribution in [0.5, 0.6) is 0 Å². The molecule has 160 valence electrons. The summed E-state index contributed by atoms with van der Waals surface area (Å²) in [5, 5.41) is 0. The van der Waals surface area contributed by atoms with Gasteiger partial charge in [0.05, 0.1) is 0 Å². The van der Waals surface area contributed by atoms with Gasteiger partial charge in [-0.1, -0.05) is 17.7 Å². The zero-order valence-corrected chi connectivity index (χ0v) is 17.0. The lowest BCUT2D eigenvalue weighted by Gasteiger charge is -2.39. The second-order valence-corrected chi connectivity index (χ2v) is 10.7. The summed E-state index contributed by atoms with van der Waals surface area (Å²) in [4.78, 5) is 0.0958. The van der Waals surface area contributed by atoms with Gasteiger partial charge in [0.25, 0.3) is 0 Å². The quantitative estimate of drug-likeness (QED) is 0.328. The van der Waals surface area contributed by atoms with Crippen LogP contribution in [0.4, 0.5) is 22.0 Å². The van der Waals surface area contributed by atoms with Crippen LogP contribution >= 0.6 is 10.3 Å². The van der Waals surface area contributed by atoms with Gasteiger partial charge < -0.3 is 0 Å². The molecular weight excluding hydrogens is 447 g/mol. The van der Waals surface area contributed by atoms with Gasteiger partial charge in [0.15, 0.2) is 0 Å². The van der Waals surface area contributed by atoms with Crippen LogP contribution in [0.2, 0.25) is 0 Å². The molecule has 0 fully saturated rings. The molecule has 0 N–H and O–H groups in total. The predicted octanol–water partition coefficient (Wildman–Crippen LogP) is 6.34. The van der Waals surface area contributed by atoms with Gasteiger partial charge in [0.2, 0.25) is 0 Å². The summed E-state index contributed by atoms with van der Waals surface area (Å²) in [6.07, 6.45) is 0. The van der Waals surface area contributed by atoms with E-state index in [1.165, 1.54) is 12.1 Å². The predicted molar refractivity (Wildman–Crippen MR) is 102 cm³/mol. The van der Waals surface area contributed by atoms with Crippen molar-refractivity contribution in [3.8, 4) is 0 Å². The molecule has 0 aliphatic rings. The Balaban J connectivity index is 2.40. The third kappa shape index (κ3) is 4.21. The van der Waals surface area contributed by atoms with Crippen molar-refractivity contribution in [2.75, 3.05) is 0 Å². The van der Waals surface area contributed by atoms with Crippen molar-refractivity contribution in [3.05, 3.63) is 90.0 Å². The van der Waals surface area contributed by atoms with E-state index in [4.69, 9.17) is 3.63 Å². The fourth-order valence-corrected chi connectivity index (χ4v) is 7.38. The number of hydrogen-bond acceptors (Lipinski definition) is 3. The molecule has 0 unspecified atom stereocenters. The third-order valence-corrected chi connectivity index (χ3v) is 9.03. The van der Waals surface area contributed by atoms with E-state index in [0.717, 1.165) is 54.1 Å². The Morgan fingerprint density at radius 1 is 0.667 bits per heavy atom. The van der Waals surface area contributed by atoms with Gasteiger partial charge in [-0.25, -0.2) is 8.78 Å². The van der Waals surface area contributed by atoms with Gasteiger partial charge >= 0.3 is 15.6 Å². The maximum Gasteiger partial charge on any atom is 0.524 e. The van der Waals surface area contributed by atoms with Crippen LogP contribution in [-0.4, -0.2) is 13.9 Å². The van der Waals surface area contributed by atoms with Crippen LogP contribution < -0.4 is 0 Å². The highest BCUT2D eigenvalue weighted by atomic mass is 32.3. The second kappa shape index (κ2) is 8.01. The summed E-state index contributed by atoms with van der Waals surface area (Å²) >= 11 is 0. The molecule has 3 nitrogen and oxygen atoms in total. The van der Waals surface area contributed by atoms with Crippen molar-refractivity contribution < 1.29 is 34.0 Å². The van der Waals surface area contributed by atoms with Crippen LogP contribution in [0.15, 0.2) is 87.5 Å². The van der Waals surface area contributed by atoms with E-state index in [2.05, 4.69) is 0 Å². The number of rotatable bonds is 5. The van der Waals surface area contributed by atoms with Gasteiger partial charge in [-0.3, -0.25) is 0 Å². The first-order valence-corrected chi connectivity index (χ1v) is 11.4. The topological polar surface area (TPSA) is 43.4 Å². The molecule has 0 amide bonds. The van der Waals surface area contributed by atoms with Crippen LogP contribution in [0, 0.1) is 18.6 Å². The third-order valence-electron chi connectivity index (χ3n) is 4.12. The Kier molecular flexibility index (Phi) is 5.94. The van der Waals surface area contributed by atoms with Crippen LogP contribution in [0.25, 0.3) is 0 Å². The zero-order valence-electron chi connectivity index (χ0n) is 15.4. The van der Waals surface area contributed by atoms with Crippen molar-refractivity contribution in [2.24, 2.45) is 0 Å². The molecule has 0 saturated heterocycles. The van der Waals surface area contributed by atoms with Gasteiger partial charge in [0.1, 0.15) is 11.6 Å². The number of alkyl halides is 3. The fraction of sp³-hybridized carbons (Fsp3) is 0.100. The van der Waals surface area contributed by atoms with Crippen molar-refractivity contribution in [1.29, 1.82) is 0 Å². The number of halogens is 5. The van der Waals surface area contributed by atoms with E-state index < -0.39 is 37.6 Å². The maximum absolute atomic E-state index is 13.5. The first-order valence-electron chi connectivity index (χ1n) is 8.39. The Morgan fingerprint density at radius 2 is 1.00 bits per heavy atom. The molecule has 0 spiro atoms. The molecule has 10 heteroatoms. The number of benzene rings is 3. The first kappa shape index (κ1) is 22.3. The van der Waals surface area contributed by atoms with Crippen LogP contribution in [0.3, 0.4) is 0 Å². The van der Waals surface area contributed by atoms with Gasteiger partial charge in [-0.05, 0) is 77.9 Å². The van der Waals surface area contributed by atoms with Gasteiger partial charge in [-0.2, -0.15) is 25.2 Å². The lowest BCUT2D eigenvalue weighted by molar-refractivity contribution is -0.0496. The summed E-state index contributed by atoms with van der Waals surface area (Å²) in [6.45, 7) is 1.74. The summed E-state index contributed by atoms with van der Waals surface area (Å²) < 4.78 is 96.1. The van der Waals surface area contributed by atoms with Gasteiger partial charge in [-0.15, -0.1) is 0 Å². The molecule has 0 aliphatic carbocycles. The van der Waals surface area contributed by atoms with Crippen molar-refractivity contribution in [3.63, 3.8) is 0 Å². The highest BCUT2D eigenvalue weighted by molar-refractivity contribution is 8.33. The Labute approximate surface area is 171 Å². The maximum atomic E-state index is 13.5. The lowest BCUT2D eigenvalue weighted by atomic mass is 10.2. The molecule has 3 aromatic rings. The minimum Gasteiger partial charge on any atom is -0.207 e. The van der Waals surface area contributed by atoms with Crippen molar-refractivity contribution in [2.45, 2.75) is 27.1 Å². The fourth-order valence-electron chi connectivity index (χ4n) is 2.68. The standard InChI is InChI=1S/C20H15F5O3S2/c1-14-2-8-17(9-3-14)29(18-10-4-15(21)5-11-18,19-12-6-16(22)7-13-19)28-30(26,27)20(23,24)25/h2-13H,1H3. The molecule has 0 atom stereocenters. The SMILES string of the molecule is Cc1ccc(S(OS(=O)(=O)C(F)(F)F)(c2ccc(F)cc2)c2ccc(F)cc2)cc1. The molecule has 3 aromatic carbocycles. The molecular formula is C20H15F5O3S2. The summed E-state index contributed by atoms with van der Waals surface area (Å²) in [5.41, 5.74) is -4.93. The van der Waals surface area contributed by atoms with E-state index in [0.29, 0.717) is 0 Å². The van der Waals surface area contributed by atoms with Gasteiger partial charge in [0, 0.05) is 14.7 Å². The number of aryl methyl sites for hydroxylation is 1. The molecule has 0 radical (unpaired) electrons. The molecule has 30 heavy (non-hydrogen) atoms. The van der Waals surface area contributed by atoms with E-state index in [1.54, 1.807) is 19.1 Å². The second-order valence-electron chi connectivity index (χ2n) is 6.24. The average Bonchev–Trinajstić information content (AvgIpc) is 2.67. The molecule has 3 rings (SSSR count). The molecule has 0 aromatic heterocycles. The summed E-state index contributed by atoms with van der Waals surface area (Å²) in [7, 11) is -9.65. The number of hydrogen-bond donors (Lipinski definition) is 0. The largest absolute Gasteiger partial charge is 0.524 e. The molecule has 0 heterocycles. The minimum atomic E-state index is -6.08. The lowest BCUT2D eigenvalue weighted by Crippen LogP contribution is -2.27. The average molecular weight is 462 g/mol. The zero-order chi connectivity index (χ0) is 22.2. The van der Waals surface area contributed by atoms with E-state index in [-0.39, 0.29) is 14.7 Å². The van der Waals surface area contributed by atoms with E-state index >= 15 is 0 Å². The molecule has 0 aliphatic heterocycles. The minimum absolute atomic E-state index is 0.00723. The van der Waals surface area contributed by atoms with Crippen LogP contribution in [0.1, 0.15) is 5.56 Å². The van der Waals surface area contributed by atoms with E-state index in [1.807, 2.05) is 0 Å². The van der Waals surface area contributed by atoms with E-state index in [9.17, 15) is 30.4 Å². The Morgan fingerprint density at radius 3 is 1.33 bits per heavy atom. The smallest absolute Gasteiger partial charge is 0.207 e. The monoisotopic (exact) mass is 462 g/mol. The Hall–Kier alpha value is -2.43. The summed E-state index contributed by atoms with van der Waals surface area (Å²) in [6, 6.07) is 14.6. The summed E-state index contributed by atoms with van der Waals surface area (Å²) in [5.74, 6) is -1.34. The molecule has 0 saturated carbocycles. The van der Waals surface area contributed by atoms with Crippen LogP contribution in [-0.2, 0) is 13.7 Å². The normalized spacial score (nSPS) is 13.3. The first-order chi connectivity index (χ1) is 14.0. The van der Waals surface area contributed by atoms with Crippen molar-refractivity contribution >= 4 is 20.4 Å². The van der Waals surface area contributed by atoms with Crippen molar-refractivity contribution in [1.82, 2.24) is 0 Å². The highest BCUT2D eigenvalue weighted by Gasteiger charge is 2.52.